The summed E-state index contributed by atoms with van der Waals surface area (Å²) in [7, 11) is -3.84. The van der Waals surface area contributed by atoms with Crippen molar-refractivity contribution in [1.29, 1.82) is 0 Å². The number of anilines is 2. The molecule has 0 aliphatic rings. The van der Waals surface area contributed by atoms with Gasteiger partial charge in [0.15, 0.2) is 0 Å². The molecule has 0 unspecified atom stereocenters. The highest BCUT2D eigenvalue weighted by atomic mass is 35.5. The molecule has 0 atom stereocenters. The van der Waals surface area contributed by atoms with Crippen molar-refractivity contribution in [3.05, 3.63) is 88.4 Å². The zero-order chi connectivity index (χ0) is 21.9. The number of rotatable bonds is 6. The Hall–Kier alpha value is -3.36. The Morgan fingerprint density at radius 2 is 1.60 bits per heavy atom. The van der Waals surface area contributed by atoms with Crippen molar-refractivity contribution in [2.75, 3.05) is 10.0 Å². The number of aryl methyl sites for hydroxylation is 1. The van der Waals surface area contributed by atoms with Crippen LogP contribution in [0.5, 0.6) is 0 Å². The van der Waals surface area contributed by atoms with Gasteiger partial charge in [-0.2, -0.15) is 0 Å². The number of nitrogens with two attached hydrogens (primary N) is 1. The average Bonchev–Trinajstić information content (AvgIpc) is 2.70. The summed E-state index contributed by atoms with van der Waals surface area (Å²) < 4.78 is 27.5. The Bertz CT molecular complexity index is 1230. The maximum Gasteiger partial charge on any atom is 0.261 e. The summed E-state index contributed by atoms with van der Waals surface area (Å²) >= 11 is 6.20. The van der Waals surface area contributed by atoms with Crippen molar-refractivity contribution in [2.45, 2.75) is 11.8 Å². The van der Waals surface area contributed by atoms with Crippen molar-refractivity contribution >= 4 is 44.8 Å². The predicted octanol–water partition coefficient (Wildman–Crippen LogP) is 3.80. The third-order valence-corrected chi connectivity index (χ3v) is 5.94. The van der Waals surface area contributed by atoms with Crippen LogP contribution in [0.2, 0.25) is 5.02 Å². The van der Waals surface area contributed by atoms with Crippen LogP contribution in [0.3, 0.4) is 0 Å². The zero-order valence-electron chi connectivity index (χ0n) is 15.8. The molecule has 7 nitrogen and oxygen atoms in total. The summed E-state index contributed by atoms with van der Waals surface area (Å²) in [6.45, 7) is 1.85. The quantitative estimate of drug-likeness (QED) is 0.536. The maximum absolute atomic E-state index is 12.5. The summed E-state index contributed by atoms with van der Waals surface area (Å²) in [4.78, 5) is 24.1. The van der Waals surface area contributed by atoms with Gasteiger partial charge in [0, 0.05) is 5.56 Å². The lowest BCUT2D eigenvalue weighted by Crippen LogP contribution is -2.18. The number of benzene rings is 3. The van der Waals surface area contributed by atoms with Gasteiger partial charge in [0.1, 0.15) is 0 Å². The molecule has 0 bridgehead atoms. The molecule has 154 valence electrons. The smallest absolute Gasteiger partial charge is 0.261 e. The highest BCUT2D eigenvalue weighted by molar-refractivity contribution is 7.92. The molecule has 0 heterocycles. The lowest BCUT2D eigenvalue weighted by atomic mass is 10.1. The van der Waals surface area contributed by atoms with E-state index in [1.54, 1.807) is 30.3 Å². The molecule has 30 heavy (non-hydrogen) atoms. The second kappa shape index (κ2) is 8.56. The Labute approximate surface area is 178 Å². The third kappa shape index (κ3) is 4.79. The highest BCUT2D eigenvalue weighted by Crippen LogP contribution is 2.26. The molecule has 3 aromatic rings. The van der Waals surface area contributed by atoms with Crippen LogP contribution in [0.25, 0.3) is 0 Å². The van der Waals surface area contributed by atoms with Gasteiger partial charge in [0.25, 0.3) is 21.8 Å². The highest BCUT2D eigenvalue weighted by Gasteiger charge is 2.17. The van der Waals surface area contributed by atoms with Crippen LogP contribution in [0, 0.1) is 6.92 Å². The zero-order valence-corrected chi connectivity index (χ0v) is 17.4. The van der Waals surface area contributed by atoms with Crippen molar-refractivity contribution in [3.8, 4) is 0 Å². The second-order valence-corrected chi connectivity index (χ2v) is 8.57. The van der Waals surface area contributed by atoms with Gasteiger partial charge in [-0.25, -0.2) is 8.42 Å². The number of hydrogen-bond acceptors (Lipinski definition) is 4. The number of amides is 2. The van der Waals surface area contributed by atoms with Gasteiger partial charge in [0.2, 0.25) is 0 Å². The van der Waals surface area contributed by atoms with E-state index in [1.807, 2.05) is 6.92 Å². The van der Waals surface area contributed by atoms with Gasteiger partial charge in [-0.3, -0.25) is 14.3 Å². The van der Waals surface area contributed by atoms with Gasteiger partial charge < -0.3 is 11.1 Å². The molecular weight excluding hydrogens is 426 g/mol. The van der Waals surface area contributed by atoms with E-state index in [0.29, 0.717) is 0 Å². The summed E-state index contributed by atoms with van der Waals surface area (Å²) in [6.07, 6.45) is 0. The molecule has 0 saturated heterocycles. The van der Waals surface area contributed by atoms with Crippen molar-refractivity contribution in [1.82, 2.24) is 0 Å². The van der Waals surface area contributed by atoms with Gasteiger partial charge in [-0.15, -0.1) is 0 Å². The average molecular weight is 444 g/mol. The fourth-order valence-electron chi connectivity index (χ4n) is 2.66. The Kier molecular flexibility index (Phi) is 6.09. The van der Waals surface area contributed by atoms with Crippen LogP contribution >= 0.6 is 11.6 Å². The molecule has 0 spiro atoms. The minimum Gasteiger partial charge on any atom is -0.366 e. The second-order valence-electron chi connectivity index (χ2n) is 6.48. The molecule has 9 heteroatoms. The fourth-order valence-corrected chi connectivity index (χ4v) is 4.03. The number of primary amides is 1. The molecule has 0 fully saturated rings. The first-order valence-electron chi connectivity index (χ1n) is 8.76. The summed E-state index contributed by atoms with van der Waals surface area (Å²) in [5.74, 6) is -1.21. The molecule has 0 aliphatic carbocycles. The molecule has 0 saturated carbocycles. The molecule has 0 aromatic heterocycles. The molecule has 0 radical (unpaired) electrons. The number of nitrogens with one attached hydrogen (secondary N) is 2. The van der Waals surface area contributed by atoms with E-state index in [2.05, 4.69) is 10.0 Å². The van der Waals surface area contributed by atoms with Gasteiger partial charge >= 0.3 is 0 Å². The first-order chi connectivity index (χ1) is 14.2. The summed E-state index contributed by atoms with van der Waals surface area (Å²) in [5.41, 5.74) is 6.98. The molecule has 4 N–H and O–H groups in total. The Morgan fingerprint density at radius 1 is 0.933 bits per heavy atom. The van der Waals surface area contributed by atoms with Crippen LogP contribution in [0.1, 0.15) is 26.3 Å². The number of sulfonamides is 1. The lowest BCUT2D eigenvalue weighted by molar-refractivity contribution is 0.100. The lowest BCUT2D eigenvalue weighted by Gasteiger charge is -2.12. The minimum atomic E-state index is -3.84. The van der Waals surface area contributed by atoms with Gasteiger partial charge in [-0.1, -0.05) is 41.4 Å². The summed E-state index contributed by atoms with van der Waals surface area (Å²) in [5, 5.41) is 2.64. The number of carbonyl (C=O) groups is 2. The minimum absolute atomic E-state index is 0.0431. The van der Waals surface area contributed by atoms with Crippen molar-refractivity contribution in [3.63, 3.8) is 0 Å². The van der Waals surface area contributed by atoms with E-state index < -0.39 is 21.8 Å². The number of para-hydroxylation sites is 1. The number of hydrogen-bond donors (Lipinski definition) is 3. The first-order valence-corrected chi connectivity index (χ1v) is 10.6. The van der Waals surface area contributed by atoms with E-state index in [0.717, 1.165) is 5.56 Å². The topological polar surface area (TPSA) is 118 Å². The van der Waals surface area contributed by atoms with E-state index >= 15 is 0 Å². The van der Waals surface area contributed by atoms with Crippen LogP contribution < -0.4 is 15.8 Å². The van der Waals surface area contributed by atoms with Crippen LogP contribution in [0.4, 0.5) is 11.4 Å². The normalized spacial score (nSPS) is 11.0. The SMILES string of the molecule is Cc1ccc(S(=O)(=O)Nc2ccc(C(=O)Nc3ccccc3C(N)=O)cc2Cl)cc1. The van der Waals surface area contributed by atoms with Crippen LogP contribution in [-0.2, 0) is 10.0 Å². The first kappa shape index (κ1) is 21.4. The Morgan fingerprint density at radius 3 is 2.23 bits per heavy atom. The van der Waals surface area contributed by atoms with E-state index in [9.17, 15) is 18.0 Å². The number of halogens is 1. The van der Waals surface area contributed by atoms with Crippen LogP contribution in [0.15, 0.2) is 71.6 Å². The van der Waals surface area contributed by atoms with E-state index in [-0.39, 0.29) is 32.4 Å². The predicted molar refractivity (Wildman–Crippen MR) is 116 cm³/mol. The van der Waals surface area contributed by atoms with Crippen molar-refractivity contribution < 1.29 is 18.0 Å². The monoisotopic (exact) mass is 443 g/mol. The number of carbonyl (C=O) groups excluding carboxylic acids is 2. The fraction of sp³-hybridized carbons (Fsp3) is 0.0476. The van der Waals surface area contributed by atoms with Crippen molar-refractivity contribution in [2.24, 2.45) is 5.73 Å². The third-order valence-electron chi connectivity index (χ3n) is 4.25. The standard InChI is InChI=1S/C21H18ClN3O4S/c1-13-6-9-15(10-7-13)30(28,29)25-19-11-8-14(12-17(19)22)21(27)24-18-5-3-2-4-16(18)20(23)26/h2-12,25H,1H3,(H2,23,26)(H,24,27). The molecule has 3 aromatic carbocycles. The van der Waals surface area contributed by atoms with Crippen LogP contribution in [-0.4, -0.2) is 20.2 Å². The summed E-state index contributed by atoms with van der Waals surface area (Å²) in [6, 6.07) is 16.8. The van der Waals surface area contributed by atoms with Gasteiger partial charge in [0.05, 0.1) is 26.9 Å². The van der Waals surface area contributed by atoms with E-state index in [4.69, 9.17) is 17.3 Å². The Balaban J connectivity index is 1.81. The molecule has 2 amide bonds. The largest absolute Gasteiger partial charge is 0.366 e. The van der Waals surface area contributed by atoms with Gasteiger partial charge in [-0.05, 0) is 49.4 Å². The molecule has 0 aliphatic heterocycles. The molecule has 3 rings (SSSR count). The van der Waals surface area contributed by atoms with E-state index in [1.165, 1.54) is 36.4 Å². The maximum atomic E-state index is 12.5. The molecular formula is C21H18ClN3O4S.